The van der Waals surface area contributed by atoms with Gasteiger partial charge in [-0.05, 0) is 34.5 Å². The number of hydrogen-bond donors (Lipinski definition) is 2. The molecule has 4 rings (SSSR count). The zero-order chi connectivity index (χ0) is 24.8. The van der Waals surface area contributed by atoms with Crippen molar-refractivity contribution in [1.82, 2.24) is 5.43 Å². The summed E-state index contributed by atoms with van der Waals surface area (Å²) in [5, 5.41) is 27.3. The van der Waals surface area contributed by atoms with E-state index in [0.29, 0.717) is 0 Å². The standard InChI is InChI=1S/C26H21N3O6/c1-34-24-13-20(22(29(32)33)14-25(24)35-16-17-7-3-2-4-8-17)15-27-28-26(31)21-11-18-9-5-6-10-19(18)12-23(21)30/h2-15,30H,16H2,1H3,(H,28,31). The molecule has 9 nitrogen and oxygen atoms in total. The number of benzene rings is 4. The third-order valence-corrected chi connectivity index (χ3v) is 5.23. The summed E-state index contributed by atoms with van der Waals surface area (Å²) in [4.78, 5) is 23.6. The van der Waals surface area contributed by atoms with Crippen molar-refractivity contribution < 1.29 is 24.3 Å². The summed E-state index contributed by atoms with van der Waals surface area (Å²) in [5.41, 5.74) is 3.03. The van der Waals surface area contributed by atoms with Gasteiger partial charge in [0.05, 0.1) is 35.4 Å². The Morgan fingerprint density at radius 3 is 2.40 bits per heavy atom. The summed E-state index contributed by atoms with van der Waals surface area (Å²) < 4.78 is 11.1. The van der Waals surface area contributed by atoms with Gasteiger partial charge in [0.15, 0.2) is 11.5 Å². The molecule has 176 valence electrons. The van der Waals surface area contributed by atoms with Crippen LogP contribution in [0.15, 0.2) is 84.0 Å². The van der Waals surface area contributed by atoms with E-state index in [1.165, 1.54) is 25.3 Å². The molecule has 0 bridgehead atoms. The molecule has 0 aromatic heterocycles. The van der Waals surface area contributed by atoms with Gasteiger partial charge in [-0.15, -0.1) is 0 Å². The second-order valence-electron chi connectivity index (χ2n) is 7.51. The molecule has 0 fully saturated rings. The first-order valence-electron chi connectivity index (χ1n) is 10.5. The van der Waals surface area contributed by atoms with Crippen LogP contribution in [0, 0.1) is 10.1 Å². The van der Waals surface area contributed by atoms with Crippen molar-refractivity contribution >= 4 is 28.6 Å². The molecule has 35 heavy (non-hydrogen) atoms. The number of carbonyl (C=O) groups is 1. The van der Waals surface area contributed by atoms with E-state index in [-0.39, 0.29) is 40.7 Å². The molecule has 0 aliphatic rings. The minimum absolute atomic E-state index is 0.0255. The summed E-state index contributed by atoms with van der Waals surface area (Å²) in [6, 6.07) is 22.3. The first-order valence-corrected chi connectivity index (χ1v) is 10.5. The third kappa shape index (κ3) is 5.36. The number of phenolic OH excluding ortho intramolecular Hbond substituents is 1. The van der Waals surface area contributed by atoms with E-state index in [9.17, 15) is 20.0 Å². The molecule has 0 atom stereocenters. The number of amides is 1. The van der Waals surface area contributed by atoms with Gasteiger partial charge >= 0.3 is 0 Å². The summed E-state index contributed by atoms with van der Waals surface area (Å²) in [6.07, 6.45) is 1.14. The van der Waals surface area contributed by atoms with Gasteiger partial charge in [0.1, 0.15) is 12.4 Å². The number of nitro groups is 1. The fraction of sp³-hybridized carbons (Fsp3) is 0.0769. The smallest absolute Gasteiger partial charge is 0.282 e. The number of nitrogens with zero attached hydrogens (tertiary/aromatic N) is 2. The van der Waals surface area contributed by atoms with Crippen LogP contribution in [0.5, 0.6) is 17.2 Å². The molecule has 0 spiro atoms. The zero-order valence-corrected chi connectivity index (χ0v) is 18.7. The summed E-state index contributed by atoms with van der Waals surface area (Å²) in [6.45, 7) is 0.201. The Morgan fingerprint density at radius 1 is 1.03 bits per heavy atom. The molecular formula is C26H21N3O6. The molecule has 4 aromatic rings. The fourth-order valence-corrected chi connectivity index (χ4v) is 3.46. The normalized spacial score (nSPS) is 10.9. The lowest BCUT2D eigenvalue weighted by molar-refractivity contribution is -0.385. The van der Waals surface area contributed by atoms with Gasteiger partial charge in [-0.3, -0.25) is 14.9 Å². The molecular weight excluding hydrogens is 450 g/mol. The molecule has 0 saturated heterocycles. The van der Waals surface area contributed by atoms with Crippen LogP contribution in [0.1, 0.15) is 21.5 Å². The van der Waals surface area contributed by atoms with Crippen molar-refractivity contribution in [2.24, 2.45) is 5.10 Å². The minimum atomic E-state index is -0.665. The number of fused-ring (bicyclic) bond motifs is 1. The predicted octanol–water partition coefficient (Wildman–Crippen LogP) is 4.81. The predicted molar refractivity (Wildman–Crippen MR) is 131 cm³/mol. The minimum Gasteiger partial charge on any atom is -0.507 e. The lowest BCUT2D eigenvalue weighted by Gasteiger charge is -2.12. The second kappa shape index (κ2) is 10.3. The average Bonchev–Trinajstić information content (AvgIpc) is 2.87. The van der Waals surface area contributed by atoms with Crippen molar-refractivity contribution in [2.45, 2.75) is 6.61 Å². The van der Waals surface area contributed by atoms with Crippen LogP contribution in [-0.4, -0.2) is 29.3 Å². The Kier molecular flexibility index (Phi) is 6.87. The Bertz CT molecular complexity index is 1420. The quantitative estimate of drug-likeness (QED) is 0.216. The molecule has 0 heterocycles. The zero-order valence-electron chi connectivity index (χ0n) is 18.7. The first kappa shape index (κ1) is 23.2. The third-order valence-electron chi connectivity index (χ3n) is 5.23. The number of nitro benzene ring substituents is 1. The highest BCUT2D eigenvalue weighted by atomic mass is 16.6. The maximum atomic E-state index is 12.6. The highest BCUT2D eigenvalue weighted by Gasteiger charge is 2.19. The van der Waals surface area contributed by atoms with Crippen LogP contribution < -0.4 is 14.9 Å². The highest BCUT2D eigenvalue weighted by Crippen LogP contribution is 2.34. The number of nitrogens with one attached hydrogen (secondary N) is 1. The summed E-state index contributed by atoms with van der Waals surface area (Å²) in [5.74, 6) is -0.400. The number of aromatic hydroxyl groups is 1. The van der Waals surface area contributed by atoms with E-state index in [1.54, 1.807) is 6.07 Å². The Labute approximate surface area is 200 Å². The van der Waals surface area contributed by atoms with Crippen molar-refractivity contribution in [3.8, 4) is 17.2 Å². The van der Waals surface area contributed by atoms with Crippen LogP contribution in [0.3, 0.4) is 0 Å². The van der Waals surface area contributed by atoms with E-state index < -0.39 is 10.8 Å². The number of phenols is 1. The topological polar surface area (TPSA) is 123 Å². The second-order valence-corrected chi connectivity index (χ2v) is 7.51. The molecule has 0 radical (unpaired) electrons. The van der Waals surface area contributed by atoms with E-state index in [4.69, 9.17) is 9.47 Å². The molecule has 1 amide bonds. The van der Waals surface area contributed by atoms with Gasteiger partial charge in [-0.1, -0.05) is 54.6 Å². The van der Waals surface area contributed by atoms with Gasteiger partial charge in [-0.2, -0.15) is 5.10 Å². The fourth-order valence-electron chi connectivity index (χ4n) is 3.46. The van der Waals surface area contributed by atoms with Crippen LogP contribution in [-0.2, 0) is 6.61 Å². The average molecular weight is 471 g/mol. The van der Waals surface area contributed by atoms with Gasteiger partial charge in [0, 0.05) is 0 Å². The van der Waals surface area contributed by atoms with Gasteiger partial charge < -0.3 is 14.6 Å². The first-order chi connectivity index (χ1) is 17.0. The summed E-state index contributed by atoms with van der Waals surface area (Å²) >= 11 is 0. The van der Waals surface area contributed by atoms with E-state index in [0.717, 1.165) is 22.6 Å². The van der Waals surface area contributed by atoms with Crippen LogP contribution in [0.2, 0.25) is 0 Å². The Balaban J connectivity index is 1.55. The molecule has 9 heteroatoms. The van der Waals surface area contributed by atoms with Gasteiger partial charge in [-0.25, -0.2) is 5.43 Å². The highest BCUT2D eigenvalue weighted by molar-refractivity contribution is 6.02. The molecule has 0 aliphatic carbocycles. The summed E-state index contributed by atoms with van der Waals surface area (Å²) in [7, 11) is 1.42. The number of carbonyl (C=O) groups excluding carboxylic acids is 1. The van der Waals surface area contributed by atoms with Crippen LogP contribution >= 0.6 is 0 Å². The van der Waals surface area contributed by atoms with Crippen molar-refractivity contribution in [3.63, 3.8) is 0 Å². The number of ether oxygens (including phenoxy) is 2. The number of methoxy groups -OCH3 is 1. The SMILES string of the molecule is COc1cc(C=NNC(=O)c2cc3ccccc3cc2O)c([N+](=O)[O-])cc1OCc1ccccc1. The van der Waals surface area contributed by atoms with Gasteiger partial charge in [0.25, 0.3) is 11.6 Å². The maximum Gasteiger partial charge on any atom is 0.282 e. The number of rotatable bonds is 8. The largest absolute Gasteiger partial charge is 0.507 e. The van der Waals surface area contributed by atoms with E-state index in [2.05, 4.69) is 10.5 Å². The van der Waals surface area contributed by atoms with Crippen molar-refractivity contribution in [3.05, 3.63) is 106 Å². The Hall–Kier alpha value is -4.92. The monoisotopic (exact) mass is 471 g/mol. The van der Waals surface area contributed by atoms with Crippen LogP contribution in [0.25, 0.3) is 10.8 Å². The molecule has 4 aromatic carbocycles. The lowest BCUT2D eigenvalue weighted by atomic mass is 10.1. The molecule has 2 N–H and O–H groups in total. The molecule has 0 aliphatic heterocycles. The van der Waals surface area contributed by atoms with E-state index >= 15 is 0 Å². The van der Waals surface area contributed by atoms with Crippen molar-refractivity contribution in [1.29, 1.82) is 0 Å². The maximum absolute atomic E-state index is 12.6. The van der Waals surface area contributed by atoms with Crippen molar-refractivity contribution in [2.75, 3.05) is 7.11 Å². The Morgan fingerprint density at radius 2 is 1.71 bits per heavy atom. The van der Waals surface area contributed by atoms with Gasteiger partial charge in [0.2, 0.25) is 0 Å². The number of hydrogen-bond acceptors (Lipinski definition) is 7. The van der Waals surface area contributed by atoms with E-state index in [1.807, 2.05) is 54.6 Å². The van der Waals surface area contributed by atoms with Crippen LogP contribution in [0.4, 0.5) is 5.69 Å². The molecule has 0 saturated carbocycles. The molecule has 0 unspecified atom stereocenters. The lowest BCUT2D eigenvalue weighted by Crippen LogP contribution is -2.18. The number of hydrazone groups is 1.